The Bertz CT molecular complexity index is 1230. The van der Waals surface area contributed by atoms with Gasteiger partial charge < -0.3 is 38.9 Å². The standard InChI is InChI=1S/C35H50N2O8/c1-6-19-42-25-15-16-30-28(22-25)32-26(14-10-12-18-39)24(13-9-11-17-38)21-27-29(36-44-8-3)23-31(37(4)34(40)41-5)35(45-30,33(27)32)43-20-7-2/h6-7,15-16,21-22,24,26,31-33,38-39H,1-2,8-14,17-20,23H2,3-5H3. The van der Waals surface area contributed by atoms with Gasteiger partial charge in [-0.1, -0.05) is 42.8 Å². The molecule has 248 valence electrons. The molecular weight excluding hydrogens is 576 g/mol. The molecule has 45 heavy (non-hydrogen) atoms. The maximum Gasteiger partial charge on any atom is 0.409 e. The Kier molecular flexibility index (Phi) is 12.5. The lowest BCUT2D eigenvalue weighted by Crippen LogP contribution is -2.69. The number of hydrogen-bond acceptors (Lipinski definition) is 9. The van der Waals surface area contributed by atoms with Gasteiger partial charge in [-0.3, -0.25) is 0 Å². The number of benzene rings is 1. The zero-order valence-electron chi connectivity index (χ0n) is 27.0. The van der Waals surface area contributed by atoms with Crippen LogP contribution in [0.4, 0.5) is 4.79 Å². The molecule has 1 fully saturated rings. The molecule has 0 spiro atoms. The molecule has 10 nitrogen and oxygen atoms in total. The molecule has 0 radical (unpaired) electrons. The largest absolute Gasteiger partial charge is 0.490 e. The minimum absolute atomic E-state index is 0.107. The summed E-state index contributed by atoms with van der Waals surface area (Å²) in [6.45, 7) is 10.8. The third-order valence-electron chi connectivity index (χ3n) is 9.25. The Morgan fingerprint density at radius 2 is 1.87 bits per heavy atom. The summed E-state index contributed by atoms with van der Waals surface area (Å²) in [5.41, 5.74) is 2.74. The third kappa shape index (κ3) is 7.23. The highest BCUT2D eigenvalue weighted by Crippen LogP contribution is 2.61. The summed E-state index contributed by atoms with van der Waals surface area (Å²) in [6.07, 6.45) is 10.4. The number of allylic oxidation sites excluding steroid dienone is 1. The van der Waals surface area contributed by atoms with Crippen LogP contribution < -0.4 is 9.47 Å². The second kappa shape index (κ2) is 16.3. The van der Waals surface area contributed by atoms with Gasteiger partial charge in [0.15, 0.2) is 0 Å². The number of likely N-dealkylation sites (N-methyl/N-ethyl adjacent to an activating group) is 1. The zero-order valence-corrected chi connectivity index (χ0v) is 27.0. The average Bonchev–Trinajstić information content (AvgIpc) is 3.06. The number of aliphatic hydroxyl groups excluding tert-OH is 2. The van der Waals surface area contributed by atoms with Gasteiger partial charge in [0, 0.05) is 38.2 Å². The van der Waals surface area contributed by atoms with Gasteiger partial charge in [0.2, 0.25) is 5.79 Å². The van der Waals surface area contributed by atoms with E-state index >= 15 is 0 Å². The number of unbranched alkanes of at least 4 members (excludes halogenated alkanes) is 2. The van der Waals surface area contributed by atoms with E-state index in [0.717, 1.165) is 42.5 Å². The van der Waals surface area contributed by atoms with Gasteiger partial charge >= 0.3 is 6.09 Å². The van der Waals surface area contributed by atoms with Crippen LogP contribution in [-0.2, 0) is 14.3 Å². The number of rotatable bonds is 17. The smallest absolute Gasteiger partial charge is 0.409 e. The van der Waals surface area contributed by atoms with Gasteiger partial charge in [0.25, 0.3) is 0 Å². The Labute approximate surface area is 267 Å². The van der Waals surface area contributed by atoms with Gasteiger partial charge in [0.1, 0.15) is 30.8 Å². The molecular formula is C35H50N2O8. The van der Waals surface area contributed by atoms with Crippen LogP contribution in [0.3, 0.4) is 0 Å². The third-order valence-corrected chi connectivity index (χ3v) is 9.25. The van der Waals surface area contributed by atoms with Crippen molar-refractivity contribution in [3.63, 3.8) is 0 Å². The molecule has 4 rings (SSSR count). The summed E-state index contributed by atoms with van der Waals surface area (Å²) in [5, 5.41) is 23.9. The summed E-state index contributed by atoms with van der Waals surface area (Å²) in [6, 6.07) is 5.25. The fraction of sp³-hybridized carbons (Fsp3) is 0.600. The summed E-state index contributed by atoms with van der Waals surface area (Å²) < 4.78 is 24.9. The first-order chi connectivity index (χ1) is 21.9. The molecule has 6 atom stereocenters. The van der Waals surface area contributed by atoms with Crippen LogP contribution in [0.25, 0.3) is 0 Å². The summed E-state index contributed by atoms with van der Waals surface area (Å²) in [7, 11) is 3.06. The van der Waals surface area contributed by atoms with Gasteiger partial charge in [-0.15, -0.1) is 6.58 Å². The van der Waals surface area contributed by atoms with Crippen molar-refractivity contribution in [2.24, 2.45) is 22.9 Å². The van der Waals surface area contributed by atoms with E-state index in [9.17, 15) is 15.0 Å². The molecule has 6 unspecified atom stereocenters. The Hall–Kier alpha value is -3.34. The van der Waals surface area contributed by atoms with Gasteiger partial charge in [0.05, 0.1) is 25.3 Å². The number of ether oxygens (including phenoxy) is 4. The second-order valence-electron chi connectivity index (χ2n) is 11.9. The molecule has 10 heteroatoms. The van der Waals surface area contributed by atoms with Crippen LogP contribution in [0, 0.1) is 17.8 Å². The number of hydrogen-bond donors (Lipinski definition) is 2. The Morgan fingerprint density at radius 1 is 1.13 bits per heavy atom. The van der Waals surface area contributed by atoms with Crippen molar-refractivity contribution in [1.82, 2.24) is 4.90 Å². The second-order valence-corrected chi connectivity index (χ2v) is 11.9. The first kappa shape index (κ1) is 34.5. The first-order valence-corrected chi connectivity index (χ1v) is 16.1. The first-order valence-electron chi connectivity index (χ1n) is 16.1. The topological polar surface area (TPSA) is 119 Å². The SMILES string of the molecule is C=CCOc1ccc2c(c1)C1C(CCCCO)C(CCCCO)C=C3C(=NOCC)CC(N(C)C(=O)OC)C(OCC=C)(O2)C31. The lowest BCUT2D eigenvalue weighted by molar-refractivity contribution is -0.253. The maximum atomic E-state index is 13.1. The number of fused-ring (bicyclic) bond motifs is 2. The van der Waals surface area contributed by atoms with E-state index in [1.54, 1.807) is 24.1 Å². The molecule has 1 heterocycles. The van der Waals surface area contributed by atoms with Gasteiger partial charge in [-0.05, 0) is 68.2 Å². The predicted molar refractivity (Wildman–Crippen MR) is 172 cm³/mol. The van der Waals surface area contributed by atoms with Crippen molar-refractivity contribution in [3.8, 4) is 11.5 Å². The van der Waals surface area contributed by atoms with E-state index in [1.807, 2.05) is 19.1 Å². The van der Waals surface area contributed by atoms with Crippen LogP contribution in [0.15, 0.2) is 60.3 Å². The normalized spacial score (nSPS) is 27.4. The minimum atomic E-state index is -1.29. The van der Waals surface area contributed by atoms with E-state index in [0.29, 0.717) is 44.0 Å². The summed E-state index contributed by atoms with van der Waals surface area (Å²) in [5.74, 6) is -0.0799. The summed E-state index contributed by atoms with van der Waals surface area (Å²) >= 11 is 0. The van der Waals surface area contributed by atoms with Crippen LogP contribution in [0.2, 0.25) is 0 Å². The molecule has 0 saturated heterocycles. The van der Waals surface area contributed by atoms with Gasteiger partial charge in [-0.25, -0.2) is 4.79 Å². The van der Waals surface area contributed by atoms with E-state index in [-0.39, 0.29) is 43.5 Å². The van der Waals surface area contributed by atoms with E-state index in [2.05, 4.69) is 30.5 Å². The van der Waals surface area contributed by atoms with Crippen LogP contribution in [0.5, 0.6) is 11.5 Å². The van der Waals surface area contributed by atoms with Crippen molar-refractivity contribution in [2.75, 3.05) is 47.2 Å². The molecule has 1 amide bonds. The maximum absolute atomic E-state index is 13.1. The summed E-state index contributed by atoms with van der Waals surface area (Å²) in [4.78, 5) is 20.3. The van der Waals surface area contributed by atoms with Crippen LogP contribution in [-0.4, -0.2) is 85.9 Å². The van der Waals surface area contributed by atoms with E-state index in [1.165, 1.54) is 7.11 Å². The molecule has 2 aliphatic carbocycles. The molecule has 1 aromatic carbocycles. The van der Waals surface area contributed by atoms with Crippen molar-refractivity contribution in [1.29, 1.82) is 0 Å². The highest BCUT2D eigenvalue weighted by molar-refractivity contribution is 6.02. The monoisotopic (exact) mass is 626 g/mol. The average molecular weight is 627 g/mol. The number of carbonyl (C=O) groups is 1. The quantitative estimate of drug-likeness (QED) is 0.130. The molecule has 2 N–H and O–H groups in total. The highest BCUT2D eigenvalue weighted by Gasteiger charge is 2.65. The molecule has 1 aliphatic heterocycles. The molecule has 1 aromatic rings. The fourth-order valence-corrected chi connectivity index (χ4v) is 7.39. The van der Waals surface area contributed by atoms with Crippen molar-refractivity contribution in [3.05, 3.63) is 60.7 Å². The van der Waals surface area contributed by atoms with Crippen molar-refractivity contribution < 1.29 is 38.8 Å². The zero-order chi connectivity index (χ0) is 32.4. The molecule has 0 aromatic heterocycles. The fourth-order valence-electron chi connectivity index (χ4n) is 7.39. The number of aliphatic hydroxyl groups is 2. The predicted octanol–water partition coefficient (Wildman–Crippen LogP) is 5.60. The Morgan fingerprint density at radius 3 is 2.53 bits per heavy atom. The molecule has 3 aliphatic rings. The van der Waals surface area contributed by atoms with Crippen LogP contribution >= 0.6 is 0 Å². The van der Waals surface area contributed by atoms with E-state index in [4.69, 9.17) is 23.8 Å². The minimum Gasteiger partial charge on any atom is -0.490 e. The van der Waals surface area contributed by atoms with Crippen molar-refractivity contribution >= 4 is 11.8 Å². The number of carbonyl (C=O) groups excluding carboxylic acids is 1. The van der Waals surface area contributed by atoms with E-state index < -0.39 is 17.9 Å². The molecule has 0 bridgehead atoms. The highest BCUT2D eigenvalue weighted by atomic mass is 16.7. The molecule has 1 saturated carbocycles. The number of methoxy groups -OCH3 is 1. The van der Waals surface area contributed by atoms with Gasteiger partial charge in [-0.2, -0.15) is 0 Å². The van der Waals surface area contributed by atoms with Crippen molar-refractivity contribution in [2.45, 2.75) is 69.6 Å². The lowest BCUT2D eigenvalue weighted by Gasteiger charge is -2.59. The number of amides is 1. The lowest BCUT2D eigenvalue weighted by atomic mass is 9.55. The Balaban J connectivity index is 2.01. The van der Waals surface area contributed by atoms with Crippen LogP contribution in [0.1, 0.15) is 63.4 Å². The number of oxime groups is 1. The number of nitrogens with zero attached hydrogens (tertiary/aromatic N) is 2.